The summed E-state index contributed by atoms with van der Waals surface area (Å²) in [5.74, 6) is -0.649. The average Bonchev–Trinajstić information content (AvgIpc) is 2.44. The molecule has 5 heteroatoms. The van der Waals surface area contributed by atoms with Crippen LogP contribution in [0.5, 0.6) is 0 Å². The van der Waals surface area contributed by atoms with Gasteiger partial charge in [-0.1, -0.05) is 37.6 Å². The van der Waals surface area contributed by atoms with E-state index >= 15 is 0 Å². The van der Waals surface area contributed by atoms with Crippen molar-refractivity contribution in [2.45, 2.75) is 33.1 Å². The first-order chi connectivity index (χ1) is 10.0. The molecule has 2 rings (SSSR count). The molecule has 110 valence electrons. The van der Waals surface area contributed by atoms with Crippen molar-refractivity contribution < 1.29 is 9.90 Å². The summed E-state index contributed by atoms with van der Waals surface area (Å²) in [6.07, 6.45) is 3.38. The number of carboxylic acid groups (broad SMARTS) is 1. The molecule has 2 aromatic rings. The molecule has 3 N–H and O–H groups in total. The zero-order valence-corrected chi connectivity index (χ0v) is 12.3. The Labute approximate surface area is 123 Å². The smallest absolute Gasteiger partial charge is 0.341 e. The van der Waals surface area contributed by atoms with Gasteiger partial charge < -0.3 is 10.8 Å². The second kappa shape index (κ2) is 6.35. The number of hydrogen-bond donors (Lipinski definition) is 2. The standard InChI is InChI=1S/C16H19N3O2/c1-3-4-5-11-6-8-12(9-7-11)15-18-10(2)13(16(20)21)14(17)19-15/h6-9H,3-5H2,1-2H3,(H,20,21)(H2,17,18,19). The van der Waals surface area contributed by atoms with Crippen molar-refractivity contribution in [1.29, 1.82) is 0 Å². The van der Waals surface area contributed by atoms with Gasteiger partial charge in [-0.15, -0.1) is 0 Å². The maximum absolute atomic E-state index is 11.1. The fourth-order valence-electron chi connectivity index (χ4n) is 2.19. The number of rotatable bonds is 5. The first-order valence-corrected chi connectivity index (χ1v) is 6.99. The molecule has 0 saturated heterocycles. The van der Waals surface area contributed by atoms with Gasteiger partial charge in [-0.2, -0.15) is 0 Å². The summed E-state index contributed by atoms with van der Waals surface area (Å²) in [5, 5.41) is 9.07. The van der Waals surface area contributed by atoms with E-state index in [4.69, 9.17) is 10.8 Å². The van der Waals surface area contributed by atoms with Crippen LogP contribution in [0.3, 0.4) is 0 Å². The first-order valence-electron chi connectivity index (χ1n) is 6.99. The lowest BCUT2D eigenvalue weighted by Gasteiger charge is -2.08. The van der Waals surface area contributed by atoms with E-state index in [9.17, 15) is 4.79 Å². The number of aryl methyl sites for hydroxylation is 2. The Balaban J connectivity index is 2.32. The lowest BCUT2D eigenvalue weighted by molar-refractivity contribution is 0.0696. The molecule has 1 aromatic heterocycles. The van der Waals surface area contributed by atoms with Gasteiger partial charge in [0.15, 0.2) is 5.82 Å². The number of unbranched alkanes of at least 4 members (excludes halogenated alkanes) is 1. The number of carbonyl (C=O) groups is 1. The van der Waals surface area contributed by atoms with Crippen molar-refractivity contribution in [1.82, 2.24) is 9.97 Å². The quantitative estimate of drug-likeness (QED) is 0.881. The van der Waals surface area contributed by atoms with Crippen molar-refractivity contribution in [3.63, 3.8) is 0 Å². The van der Waals surface area contributed by atoms with Crippen LogP contribution in [0.25, 0.3) is 11.4 Å². The van der Waals surface area contributed by atoms with Crippen LogP contribution in [0.2, 0.25) is 0 Å². The van der Waals surface area contributed by atoms with Crippen molar-refractivity contribution in [2.75, 3.05) is 5.73 Å². The van der Waals surface area contributed by atoms with E-state index < -0.39 is 5.97 Å². The normalized spacial score (nSPS) is 10.6. The molecule has 0 spiro atoms. The van der Waals surface area contributed by atoms with E-state index in [1.165, 1.54) is 5.56 Å². The third kappa shape index (κ3) is 3.37. The summed E-state index contributed by atoms with van der Waals surface area (Å²) in [4.78, 5) is 19.4. The van der Waals surface area contributed by atoms with Crippen molar-refractivity contribution >= 4 is 11.8 Å². The molecule has 1 aromatic carbocycles. The van der Waals surface area contributed by atoms with Crippen LogP contribution in [-0.2, 0) is 6.42 Å². The summed E-state index contributed by atoms with van der Waals surface area (Å²) < 4.78 is 0. The molecule has 0 atom stereocenters. The monoisotopic (exact) mass is 285 g/mol. The van der Waals surface area contributed by atoms with E-state index in [2.05, 4.69) is 16.9 Å². The predicted molar refractivity (Wildman–Crippen MR) is 82.2 cm³/mol. The highest BCUT2D eigenvalue weighted by molar-refractivity contribution is 5.94. The van der Waals surface area contributed by atoms with Gasteiger partial charge >= 0.3 is 5.97 Å². The molecule has 0 unspecified atom stereocenters. The van der Waals surface area contributed by atoms with E-state index in [-0.39, 0.29) is 11.4 Å². The van der Waals surface area contributed by atoms with Crippen LogP contribution in [0.15, 0.2) is 24.3 Å². The summed E-state index contributed by atoms with van der Waals surface area (Å²) in [5.41, 5.74) is 8.18. The molecule has 0 saturated carbocycles. The predicted octanol–water partition coefficient (Wildman–Crippen LogP) is 3.08. The Morgan fingerprint density at radius 3 is 2.43 bits per heavy atom. The average molecular weight is 285 g/mol. The Morgan fingerprint density at radius 1 is 1.24 bits per heavy atom. The molecule has 0 bridgehead atoms. The molecule has 0 aliphatic rings. The zero-order valence-electron chi connectivity index (χ0n) is 12.3. The minimum Gasteiger partial charge on any atom is -0.477 e. The van der Waals surface area contributed by atoms with Gasteiger partial charge in [-0.05, 0) is 25.3 Å². The zero-order chi connectivity index (χ0) is 15.4. The van der Waals surface area contributed by atoms with E-state index in [0.717, 1.165) is 24.8 Å². The molecule has 5 nitrogen and oxygen atoms in total. The highest BCUT2D eigenvalue weighted by Gasteiger charge is 2.16. The first kappa shape index (κ1) is 15.0. The van der Waals surface area contributed by atoms with E-state index in [1.54, 1.807) is 6.92 Å². The van der Waals surface area contributed by atoms with Gasteiger partial charge in [0.1, 0.15) is 11.4 Å². The van der Waals surface area contributed by atoms with Crippen LogP contribution in [0.4, 0.5) is 5.82 Å². The summed E-state index contributed by atoms with van der Waals surface area (Å²) in [7, 11) is 0. The second-order valence-corrected chi connectivity index (χ2v) is 5.00. The van der Waals surface area contributed by atoms with Gasteiger partial charge in [-0.25, -0.2) is 14.8 Å². The molecule has 0 radical (unpaired) electrons. The van der Waals surface area contributed by atoms with Crippen LogP contribution in [0.1, 0.15) is 41.4 Å². The Hall–Kier alpha value is -2.43. The SMILES string of the molecule is CCCCc1ccc(-c2nc(C)c(C(=O)O)c(N)n2)cc1. The number of aromatic carboxylic acids is 1. The molecule has 21 heavy (non-hydrogen) atoms. The van der Waals surface area contributed by atoms with Crippen LogP contribution in [0, 0.1) is 6.92 Å². The fraction of sp³-hybridized carbons (Fsp3) is 0.312. The van der Waals surface area contributed by atoms with E-state index in [0.29, 0.717) is 11.5 Å². The Bertz CT molecular complexity index is 628. The van der Waals surface area contributed by atoms with Gasteiger partial charge in [0.2, 0.25) is 0 Å². The summed E-state index contributed by atoms with van der Waals surface area (Å²) in [6, 6.07) is 7.98. The highest BCUT2D eigenvalue weighted by Crippen LogP contribution is 2.21. The lowest BCUT2D eigenvalue weighted by atomic mass is 10.1. The van der Waals surface area contributed by atoms with Crippen molar-refractivity contribution in [2.24, 2.45) is 0 Å². The molecular formula is C16H19N3O2. The van der Waals surface area contributed by atoms with E-state index in [1.807, 2.05) is 24.3 Å². The second-order valence-electron chi connectivity index (χ2n) is 5.00. The van der Waals surface area contributed by atoms with Crippen LogP contribution in [-0.4, -0.2) is 21.0 Å². The van der Waals surface area contributed by atoms with Crippen molar-refractivity contribution in [3.05, 3.63) is 41.1 Å². The number of nitrogens with two attached hydrogens (primary N) is 1. The van der Waals surface area contributed by atoms with Gasteiger partial charge in [-0.3, -0.25) is 0 Å². The molecule has 0 aliphatic heterocycles. The Kier molecular flexibility index (Phi) is 4.52. The fourth-order valence-corrected chi connectivity index (χ4v) is 2.19. The number of nitrogen functional groups attached to an aromatic ring is 1. The van der Waals surface area contributed by atoms with Crippen molar-refractivity contribution in [3.8, 4) is 11.4 Å². The number of aromatic nitrogens is 2. The van der Waals surface area contributed by atoms with Gasteiger partial charge in [0.05, 0.1) is 5.69 Å². The number of anilines is 1. The minimum atomic E-state index is -1.11. The number of nitrogens with zero attached hydrogens (tertiary/aromatic N) is 2. The number of carboxylic acids is 1. The maximum atomic E-state index is 11.1. The molecule has 0 aliphatic carbocycles. The third-order valence-electron chi connectivity index (χ3n) is 3.36. The third-order valence-corrected chi connectivity index (χ3v) is 3.36. The van der Waals surface area contributed by atoms with Crippen LogP contribution >= 0.6 is 0 Å². The molecular weight excluding hydrogens is 266 g/mol. The van der Waals surface area contributed by atoms with Gasteiger partial charge in [0, 0.05) is 5.56 Å². The number of benzene rings is 1. The number of hydrogen-bond acceptors (Lipinski definition) is 4. The summed E-state index contributed by atoms with van der Waals surface area (Å²) >= 11 is 0. The summed E-state index contributed by atoms with van der Waals surface area (Å²) in [6.45, 7) is 3.79. The van der Waals surface area contributed by atoms with Gasteiger partial charge in [0.25, 0.3) is 0 Å². The topological polar surface area (TPSA) is 89.1 Å². The lowest BCUT2D eigenvalue weighted by Crippen LogP contribution is -2.10. The highest BCUT2D eigenvalue weighted by atomic mass is 16.4. The Morgan fingerprint density at radius 2 is 1.90 bits per heavy atom. The molecule has 0 fully saturated rings. The minimum absolute atomic E-state index is 0.0000551. The molecule has 0 amide bonds. The largest absolute Gasteiger partial charge is 0.477 e. The van der Waals surface area contributed by atoms with Crippen LogP contribution < -0.4 is 5.73 Å². The molecule has 1 heterocycles. The maximum Gasteiger partial charge on any atom is 0.341 e.